The predicted molar refractivity (Wildman–Crippen MR) is 48.2 cm³/mol. The molecule has 0 saturated carbocycles. The van der Waals surface area contributed by atoms with Crippen LogP contribution in [0.2, 0.25) is 0 Å². The Morgan fingerprint density at radius 2 is 2.33 bits per heavy atom. The van der Waals surface area contributed by atoms with E-state index >= 15 is 0 Å². The predicted octanol–water partition coefficient (Wildman–Crippen LogP) is 0.824. The smallest absolute Gasteiger partial charge is 0.243 e. The van der Waals surface area contributed by atoms with Gasteiger partial charge in [0.1, 0.15) is 5.01 Å². The molecule has 1 aromatic rings. The quantitative estimate of drug-likeness (QED) is 0.775. The van der Waals surface area contributed by atoms with Gasteiger partial charge >= 0.3 is 0 Å². The van der Waals surface area contributed by atoms with Crippen LogP contribution in [-0.2, 0) is 10.0 Å². The first-order valence-corrected chi connectivity index (χ1v) is 5.42. The molecule has 66 valence electrons. The van der Waals surface area contributed by atoms with Crippen LogP contribution < -0.4 is 5.14 Å². The first kappa shape index (κ1) is 9.37. The fourth-order valence-electron chi connectivity index (χ4n) is 0.588. The van der Waals surface area contributed by atoms with Gasteiger partial charge in [0.05, 0.1) is 6.20 Å². The van der Waals surface area contributed by atoms with E-state index in [0.717, 1.165) is 16.9 Å². The molecule has 0 bridgehead atoms. The molecular formula is C6H8N2O2S2. The van der Waals surface area contributed by atoms with E-state index in [9.17, 15) is 8.42 Å². The molecule has 0 unspecified atom stereocenters. The second-order valence-electron chi connectivity index (χ2n) is 2.31. The van der Waals surface area contributed by atoms with Crippen LogP contribution in [0.1, 0.15) is 11.9 Å². The fourth-order valence-corrected chi connectivity index (χ4v) is 2.06. The molecule has 0 radical (unpaired) electrons. The Kier molecular flexibility index (Phi) is 2.31. The van der Waals surface area contributed by atoms with E-state index in [4.69, 9.17) is 5.14 Å². The molecule has 1 aromatic heterocycles. The average Bonchev–Trinajstić information content (AvgIpc) is 2.30. The molecule has 4 nitrogen and oxygen atoms in total. The molecule has 0 saturated heterocycles. The summed E-state index contributed by atoms with van der Waals surface area (Å²) < 4.78 is 21.6. The van der Waals surface area contributed by atoms with E-state index in [1.54, 1.807) is 6.92 Å². The van der Waals surface area contributed by atoms with Crippen LogP contribution in [0.25, 0.3) is 5.57 Å². The van der Waals surface area contributed by atoms with Gasteiger partial charge in [0.15, 0.2) is 4.21 Å². The van der Waals surface area contributed by atoms with Crippen LogP contribution in [0.3, 0.4) is 0 Å². The van der Waals surface area contributed by atoms with E-state index in [1.807, 2.05) is 0 Å². The minimum absolute atomic E-state index is 0.0699. The zero-order valence-electron chi connectivity index (χ0n) is 6.44. The van der Waals surface area contributed by atoms with Crippen LogP contribution >= 0.6 is 11.3 Å². The molecule has 0 amide bonds. The van der Waals surface area contributed by atoms with Gasteiger partial charge in [-0.25, -0.2) is 18.5 Å². The van der Waals surface area contributed by atoms with E-state index in [2.05, 4.69) is 11.6 Å². The van der Waals surface area contributed by atoms with Crippen LogP contribution in [0.4, 0.5) is 0 Å². The fraction of sp³-hybridized carbons (Fsp3) is 0.167. The van der Waals surface area contributed by atoms with E-state index in [-0.39, 0.29) is 4.21 Å². The molecule has 1 heterocycles. The maximum Gasteiger partial charge on any atom is 0.249 e. The maximum atomic E-state index is 10.8. The van der Waals surface area contributed by atoms with Gasteiger partial charge in [0, 0.05) is 0 Å². The van der Waals surface area contributed by atoms with Crippen molar-refractivity contribution < 1.29 is 8.42 Å². The topological polar surface area (TPSA) is 73.0 Å². The third-order valence-electron chi connectivity index (χ3n) is 1.13. The number of hydrogen-bond donors (Lipinski definition) is 1. The SMILES string of the molecule is C=C(C)c1ncc(S(N)(=O)=O)s1. The van der Waals surface area contributed by atoms with Gasteiger partial charge < -0.3 is 0 Å². The number of nitrogens with two attached hydrogens (primary N) is 1. The highest BCUT2D eigenvalue weighted by Gasteiger charge is 2.12. The van der Waals surface area contributed by atoms with Gasteiger partial charge in [-0.1, -0.05) is 6.58 Å². The van der Waals surface area contributed by atoms with Crippen LogP contribution in [0.15, 0.2) is 17.0 Å². The highest BCUT2D eigenvalue weighted by molar-refractivity contribution is 7.91. The second kappa shape index (κ2) is 2.96. The molecule has 0 fully saturated rings. The normalized spacial score (nSPS) is 11.5. The Labute approximate surface area is 74.8 Å². The van der Waals surface area contributed by atoms with Crippen molar-refractivity contribution in [3.05, 3.63) is 17.8 Å². The van der Waals surface area contributed by atoms with Crippen molar-refractivity contribution >= 4 is 26.9 Å². The Hall–Kier alpha value is -0.720. The first-order chi connectivity index (χ1) is 5.41. The molecule has 12 heavy (non-hydrogen) atoms. The van der Waals surface area contributed by atoms with Gasteiger partial charge in [-0.3, -0.25) is 0 Å². The summed E-state index contributed by atoms with van der Waals surface area (Å²) in [5, 5.41) is 5.48. The summed E-state index contributed by atoms with van der Waals surface area (Å²) in [6.45, 7) is 5.39. The lowest BCUT2D eigenvalue weighted by molar-refractivity contribution is 0.599. The number of allylic oxidation sites excluding steroid dienone is 1. The van der Waals surface area contributed by atoms with Crippen LogP contribution in [-0.4, -0.2) is 13.4 Å². The molecule has 0 aliphatic carbocycles. The third-order valence-corrected chi connectivity index (χ3v) is 3.70. The Morgan fingerprint density at radius 1 is 1.75 bits per heavy atom. The number of hydrogen-bond acceptors (Lipinski definition) is 4. The minimum atomic E-state index is -3.60. The van der Waals surface area contributed by atoms with Crippen molar-refractivity contribution in [2.45, 2.75) is 11.1 Å². The van der Waals surface area contributed by atoms with Crippen molar-refractivity contribution in [2.24, 2.45) is 5.14 Å². The minimum Gasteiger partial charge on any atom is -0.243 e. The summed E-state index contributed by atoms with van der Waals surface area (Å²) >= 11 is 1.02. The van der Waals surface area contributed by atoms with Crippen LogP contribution in [0.5, 0.6) is 0 Å². The lowest BCUT2D eigenvalue weighted by atomic mass is 10.4. The third kappa shape index (κ3) is 1.90. The summed E-state index contributed by atoms with van der Waals surface area (Å²) in [5.41, 5.74) is 0.731. The van der Waals surface area contributed by atoms with Gasteiger partial charge in [-0.05, 0) is 12.5 Å². The monoisotopic (exact) mass is 204 g/mol. The van der Waals surface area contributed by atoms with Crippen molar-refractivity contribution in [2.75, 3.05) is 0 Å². The van der Waals surface area contributed by atoms with Gasteiger partial charge in [0.25, 0.3) is 0 Å². The average molecular weight is 204 g/mol. The molecule has 0 aliphatic heterocycles. The largest absolute Gasteiger partial charge is 0.249 e. The van der Waals surface area contributed by atoms with Crippen molar-refractivity contribution in [1.82, 2.24) is 4.98 Å². The summed E-state index contributed by atoms with van der Waals surface area (Å²) in [4.78, 5) is 3.84. The summed E-state index contributed by atoms with van der Waals surface area (Å²) in [7, 11) is -3.60. The molecular weight excluding hydrogens is 196 g/mol. The van der Waals surface area contributed by atoms with E-state index in [0.29, 0.717) is 5.01 Å². The molecule has 0 aromatic carbocycles. The molecule has 0 aliphatic rings. The number of thiazole rings is 1. The Balaban J connectivity index is 3.17. The molecule has 2 N–H and O–H groups in total. The van der Waals surface area contributed by atoms with Crippen LogP contribution in [0, 0.1) is 0 Å². The molecule has 0 spiro atoms. The lowest BCUT2D eigenvalue weighted by Gasteiger charge is -1.88. The van der Waals surface area contributed by atoms with E-state index < -0.39 is 10.0 Å². The summed E-state index contributed by atoms with van der Waals surface area (Å²) in [6, 6.07) is 0. The van der Waals surface area contributed by atoms with Gasteiger partial charge in [0.2, 0.25) is 10.0 Å². The summed E-state index contributed by atoms with van der Waals surface area (Å²) in [5.74, 6) is 0. The van der Waals surface area contributed by atoms with Crippen molar-refractivity contribution in [1.29, 1.82) is 0 Å². The summed E-state index contributed by atoms with van der Waals surface area (Å²) in [6.07, 6.45) is 1.24. The first-order valence-electron chi connectivity index (χ1n) is 3.06. The molecule has 6 heteroatoms. The number of rotatable bonds is 2. The number of aromatic nitrogens is 1. The zero-order chi connectivity index (χ0) is 9.35. The van der Waals surface area contributed by atoms with Crippen molar-refractivity contribution in [3.8, 4) is 0 Å². The zero-order valence-corrected chi connectivity index (χ0v) is 8.08. The standard InChI is InChI=1S/C6H8N2O2S2/c1-4(2)6-8-3-5(11-6)12(7,9)10/h3H,1H2,2H3,(H2,7,9,10). The van der Waals surface area contributed by atoms with E-state index in [1.165, 1.54) is 6.20 Å². The molecule has 1 rings (SSSR count). The van der Waals surface area contributed by atoms with Crippen molar-refractivity contribution in [3.63, 3.8) is 0 Å². The Bertz CT molecular complexity index is 405. The lowest BCUT2D eigenvalue weighted by Crippen LogP contribution is -2.09. The maximum absolute atomic E-state index is 10.8. The van der Waals surface area contributed by atoms with Gasteiger partial charge in [-0.15, -0.1) is 11.3 Å². The molecule has 0 atom stereocenters. The second-order valence-corrected chi connectivity index (χ2v) is 5.13. The van der Waals surface area contributed by atoms with Gasteiger partial charge in [-0.2, -0.15) is 0 Å². The highest BCUT2D eigenvalue weighted by Crippen LogP contribution is 2.21. The number of sulfonamides is 1. The number of nitrogens with zero attached hydrogens (tertiary/aromatic N) is 1. The highest BCUT2D eigenvalue weighted by atomic mass is 32.2. The number of primary sulfonamides is 1. The Morgan fingerprint density at radius 3 is 2.58 bits per heavy atom.